The molecular weight excluding hydrogens is 384 g/mol. The number of nitrogens with zero attached hydrogens (tertiary/aromatic N) is 3. The van der Waals surface area contributed by atoms with Crippen molar-refractivity contribution < 1.29 is 14.5 Å². The van der Waals surface area contributed by atoms with Crippen LogP contribution in [-0.4, -0.2) is 47.8 Å². The van der Waals surface area contributed by atoms with Gasteiger partial charge in [0, 0.05) is 42.8 Å². The van der Waals surface area contributed by atoms with Crippen molar-refractivity contribution in [2.75, 3.05) is 31.1 Å². The van der Waals surface area contributed by atoms with E-state index in [1.54, 1.807) is 11.0 Å². The highest BCUT2D eigenvalue weighted by atomic mass is 35.5. The summed E-state index contributed by atoms with van der Waals surface area (Å²) in [5.74, 6) is -0.754. The zero-order valence-electron chi connectivity index (χ0n) is 15.0. The third kappa shape index (κ3) is 4.23. The van der Waals surface area contributed by atoms with Gasteiger partial charge in [-0.15, -0.1) is 0 Å². The molecule has 2 aromatic rings. The Balaban J connectivity index is 1.68. The van der Waals surface area contributed by atoms with Crippen molar-refractivity contribution in [3.8, 4) is 0 Å². The van der Waals surface area contributed by atoms with Crippen molar-refractivity contribution in [3.63, 3.8) is 0 Å². The molecule has 1 fully saturated rings. The van der Waals surface area contributed by atoms with Gasteiger partial charge in [0.25, 0.3) is 5.69 Å². The number of nitro benzene ring substituents is 1. The van der Waals surface area contributed by atoms with Gasteiger partial charge in [0.05, 0.1) is 11.3 Å². The van der Waals surface area contributed by atoms with Crippen LogP contribution in [0.3, 0.4) is 0 Å². The topological polar surface area (TPSA) is 110 Å². The first-order chi connectivity index (χ1) is 13.4. The second kappa shape index (κ2) is 8.26. The molecule has 9 heteroatoms. The first kappa shape index (κ1) is 19.6. The van der Waals surface area contributed by atoms with Gasteiger partial charge >= 0.3 is 0 Å². The van der Waals surface area contributed by atoms with Crippen LogP contribution in [0.2, 0.25) is 5.02 Å². The normalized spacial score (nSPS) is 14.0. The van der Waals surface area contributed by atoms with Gasteiger partial charge in [-0.05, 0) is 23.8 Å². The Hall–Kier alpha value is -3.13. The van der Waals surface area contributed by atoms with E-state index >= 15 is 0 Å². The zero-order chi connectivity index (χ0) is 20.3. The average molecular weight is 403 g/mol. The second-order valence-corrected chi connectivity index (χ2v) is 6.87. The molecule has 2 amide bonds. The minimum atomic E-state index is -0.718. The Bertz CT molecular complexity index is 926. The Morgan fingerprint density at radius 2 is 1.79 bits per heavy atom. The Kier molecular flexibility index (Phi) is 5.79. The van der Waals surface area contributed by atoms with Gasteiger partial charge in [-0.3, -0.25) is 19.7 Å². The molecule has 0 atom stereocenters. The number of hydrogen-bond acceptors (Lipinski definition) is 5. The summed E-state index contributed by atoms with van der Waals surface area (Å²) >= 11 is 6.12. The molecule has 1 aliphatic rings. The van der Waals surface area contributed by atoms with Gasteiger partial charge in [0.2, 0.25) is 11.8 Å². The fourth-order valence-corrected chi connectivity index (χ4v) is 3.41. The maximum Gasteiger partial charge on any atom is 0.293 e. The Morgan fingerprint density at radius 1 is 1.11 bits per heavy atom. The number of hydrogen-bond donors (Lipinski definition) is 1. The minimum Gasteiger partial charge on any atom is -0.366 e. The lowest BCUT2D eigenvalue weighted by Gasteiger charge is -2.36. The first-order valence-corrected chi connectivity index (χ1v) is 9.09. The number of rotatable bonds is 5. The summed E-state index contributed by atoms with van der Waals surface area (Å²) in [7, 11) is 0. The van der Waals surface area contributed by atoms with E-state index in [9.17, 15) is 19.7 Å². The summed E-state index contributed by atoms with van der Waals surface area (Å²) in [6.07, 6.45) is 0.215. The summed E-state index contributed by atoms with van der Waals surface area (Å²) < 4.78 is 0. The van der Waals surface area contributed by atoms with Gasteiger partial charge in [-0.2, -0.15) is 0 Å². The third-order valence-corrected chi connectivity index (χ3v) is 5.10. The van der Waals surface area contributed by atoms with Crippen molar-refractivity contribution in [1.29, 1.82) is 0 Å². The van der Waals surface area contributed by atoms with E-state index in [1.165, 1.54) is 18.2 Å². The maximum atomic E-state index is 12.5. The highest BCUT2D eigenvalue weighted by Crippen LogP contribution is 2.30. The molecule has 146 valence electrons. The van der Waals surface area contributed by atoms with Crippen LogP contribution in [-0.2, 0) is 11.2 Å². The lowest BCUT2D eigenvalue weighted by Crippen LogP contribution is -2.49. The van der Waals surface area contributed by atoms with Crippen LogP contribution in [0.5, 0.6) is 0 Å². The van der Waals surface area contributed by atoms with Crippen LogP contribution >= 0.6 is 11.6 Å². The van der Waals surface area contributed by atoms with Gasteiger partial charge < -0.3 is 15.5 Å². The van der Waals surface area contributed by atoms with E-state index in [2.05, 4.69) is 0 Å². The van der Waals surface area contributed by atoms with Gasteiger partial charge in [0.15, 0.2) is 0 Å². The number of nitrogens with two attached hydrogens (primary N) is 1. The highest BCUT2D eigenvalue weighted by Gasteiger charge is 2.26. The maximum absolute atomic E-state index is 12.5. The van der Waals surface area contributed by atoms with Crippen molar-refractivity contribution >= 4 is 34.8 Å². The van der Waals surface area contributed by atoms with Crippen molar-refractivity contribution in [2.24, 2.45) is 5.73 Å². The van der Waals surface area contributed by atoms with Crippen molar-refractivity contribution in [2.45, 2.75) is 6.42 Å². The summed E-state index contributed by atoms with van der Waals surface area (Å²) in [5, 5.41) is 12.0. The van der Waals surface area contributed by atoms with Crippen molar-refractivity contribution in [3.05, 3.63) is 68.7 Å². The molecule has 0 aromatic heterocycles. The van der Waals surface area contributed by atoms with E-state index < -0.39 is 10.8 Å². The molecule has 1 heterocycles. The van der Waals surface area contributed by atoms with Crippen molar-refractivity contribution in [1.82, 2.24) is 4.90 Å². The standard InChI is InChI=1S/C19H19ClN4O4/c20-15-4-2-1-3-13(15)12-18(25)23-9-7-22(8-10-23)16-6-5-14(19(21)26)11-17(16)24(27)28/h1-6,11H,7-10,12H2,(H2,21,26). The van der Waals surface area contributed by atoms with Crippen LogP contribution in [0, 0.1) is 10.1 Å². The number of carbonyl (C=O) groups is 2. The smallest absolute Gasteiger partial charge is 0.293 e. The number of nitro groups is 1. The SMILES string of the molecule is NC(=O)c1ccc(N2CCN(C(=O)Cc3ccccc3Cl)CC2)c([N+](=O)[O-])c1. The summed E-state index contributed by atoms with van der Waals surface area (Å²) in [4.78, 5) is 38.3. The molecule has 0 unspecified atom stereocenters. The molecule has 0 aliphatic carbocycles. The minimum absolute atomic E-state index is 0.0358. The monoisotopic (exact) mass is 402 g/mol. The molecule has 0 radical (unpaired) electrons. The summed E-state index contributed by atoms with van der Waals surface area (Å²) in [6.45, 7) is 1.78. The van der Waals surface area contributed by atoms with Crippen LogP contribution in [0.25, 0.3) is 0 Å². The molecule has 1 aliphatic heterocycles. The molecule has 2 aromatic carbocycles. The number of piperazine rings is 1. The van der Waals surface area contributed by atoms with E-state index in [1.807, 2.05) is 23.1 Å². The molecule has 0 saturated carbocycles. The van der Waals surface area contributed by atoms with Crippen LogP contribution in [0.15, 0.2) is 42.5 Å². The Morgan fingerprint density at radius 3 is 2.39 bits per heavy atom. The fourth-order valence-electron chi connectivity index (χ4n) is 3.20. The first-order valence-electron chi connectivity index (χ1n) is 8.71. The predicted octanol–water partition coefficient (Wildman–Crippen LogP) is 2.24. The van der Waals surface area contributed by atoms with Crippen LogP contribution < -0.4 is 10.6 Å². The van der Waals surface area contributed by atoms with Crippen LogP contribution in [0.4, 0.5) is 11.4 Å². The molecule has 3 rings (SSSR count). The van der Waals surface area contributed by atoms with E-state index in [-0.39, 0.29) is 23.6 Å². The highest BCUT2D eigenvalue weighted by molar-refractivity contribution is 6.31. The quantitative estimate of drug-likeness (QED) is 0.609. The van der Waals surface area contributed by atoms with Gasteiger partial charge in [-0.25, -0.2) is 0 Å². The molecule has 28 heavy (non-hydrogen) atoms. The number of halogens is 1. The summed E-state index contributed by atoms with van der Waals surface area (Å²) in [6, 6.07) is 11.4. The second-order valence-electron chi connectivity index (χ2n) is 6.46. The van der Waals surface area contributed by atoms with Crippen LogP contribution in [0.1, 0.15) is 15.9 Å². The lowest BCUT2D eigenvalue weighted by molar-refractivity contribution is -0.384. The molecule has 8 nitrogen and oxygen atoms in total. The summed E-state index contributed by atoms with van der Waals surface area (Å²) in [5.41, 5.74) is 6.30. The fraction of sp³-hybridized carbons (Fsp3) is 0.263. The molecule has 0 bridgehead atoms. The van der Waals surface area contributed by atoms with Gasteiger partial charge in [0.1, 0.15) is 5.69 Å². The molecular formula is C19H19ClN4O4. The molecule has 0 spiro atoms. The van der Waals surface area contributed by atoms with E-state index in [0.29, 0.717) is 36.9 Å². The largest absolute Gasteiger partial charge is 0.366 e. The van der Waals surface area contributed by atoms with Gasteiger partial charge in [-0.1, -0.05) is 29.8 Å². The number of anilines is 1. The number of primary amides is 1. The molecule has 2 N–H and O–H groups in total. The average Bonchev–Trinajstić information content (AvgIpc) is 2.69. The van der Waals surface area contributed by atoms with E-state index in [4.69, 9.17) is 17.3 Å². The predicted molar refractivity (Wildman–Crippen MR) is 106 cm³/mol. The number of carbonyl (C=O) groups excluding carboxylic acids is 2. The zero-order valence-corrected chi connectivity index (χ0v) is 15.8. The number of amides is 2. The lowest BCUT2D eigenvalue weighted by atomic mass is 10.1. The number of benzene rings is 2. The molecule has 1 saturated heterocycles. The third-order valence-electron chi connectivity index (χ3n) is 4.73. The Labute approximate surface area is 166 Å². The van der Waals surface area contributed by atoms with E-state index in [0.717, 1.165) is 5.56 Å².